The van der Waals surface area contributed by atoms with Crippen LogP contribution in [0.1, 0.15) is 51.5 Å². The van der Waals surface area contributed by atoms with Gasteiger partial charge in [-0.15, -0.1) is 8.58 Å². The number of carbonyl (C=O) groups is 2. The molecule has 2 fully saturated rings. The van der Waals surface area contributed by atoms with Crippen LogP contribution < -0.4 is 0 Å². The molecule has 1 aromatic rings. The molecule has 12 heteroatoms. The van der Waals surface area contributed by atoms with Gasteiger partial charge < -0.3 is 9.47 Å². The molecule has 0 radical (unpaired) electrons. The first-order valence-corrected chi connectivity index (χ1v) is 13.2. The van der Waals surface area contributed by atoms with Crippen molar-refractivity contribution in [2.75, 3.05) is 19.8 Å². The lowest BCUT2D eigenvalue weighted by Crippen LogP contribution is -2.77. The summed E-state index contributed by atoms with van der Waals surface area (Å²) in [5, 5.41) is -1.64. The Morgan fingerprint density at radius 3 is 2.08 bits per heavy atom. The summed E-state index contributed by atoms with van der Waals surface area (Å²) >= 11 is 0. The number of alkyl halides is 6. The zero-order valence-electron chi connectivity index (χ0n) is 20.3. The van der Waals surface area contributed by atoms with Gasteiger partial charge in [0.15, 0.2) is 0 Å². The summed E-state index contributed by atoms with van der Waals surface area (Å²) in [6.45, 7) is 1.93. The van der Waals surface area contributed by atoms with Crippen molar-refractivity contribution in [3.63, 3.8) is 0 Å². The van der Waals surface area contributed by atoms with E-state index in [0.717, 1.165) is 6.42 Å². The van der Waals surface area contributed by atoms with Gasteiger partial charge in [-0.05, 0) is 43.8 Å². The molecule has 1 amide bonds. The molecule has 0 spiro atoms. The smallest absolute Gasteiger partial charge is 0.446 e. The highest BCUT2D eigenvalue weighted by Crippen LogP contribution is 2.54. The van der Waals surface area contributed by atoms with Crippen LogP contribution in [0, 0.1) is 5.92 Å². The first-order valence-electron chi connectivity index (χ1n) is 11.7. The Hall–Kier alpha value is -1.87. The van der Waals surface area contributed by atoms with Crippen LogP contribution in [-0.4, -0.2) is 59.8 Å². The third-order valence-corrected chi connectivity index (χ3v) is 9.10. The molecule has 1 aliphatic carbocycles. The molecule has 0 bridgehead atoms. The largest absolute Gasteiger partial charge is 0.453 e. The molecule has 0 N–H and O–H groups in total. The molecule has 2 aliphatic rings. The van der Waals surface area contributed by atoms with Gasteiger partial charge in [0.25, 0.3) is 0 Å². The van der Waals surface area contributed by atoms with E-state index in [1.807, 2.05) is 0 Å². The van der Waals surface area contributed by atoms with E-state index in [4.69, 9.17) is 4.74 Å². The van der Waals surface area contributed by atoms with Crippen molar-refractivity contribution in [2.24, 2.45) is 5.92 Å². The fraction of sp³-hybridized carbons (Fsp3) is 0.667. The van der Waals surface area contributed by atoms with E-state index in [9.17, 15) is 35.9 Å². The Kier molecular flexibility index (Phi) is 8.07. The zero-order valence-corrected chi connectivity index (χ0v) is 21.3. The van der Waals surface area contributed by atoms with E-state index < -0.39 is 64.7 Å². The first kappa shape index (κ1) is 28.7. The number of ether oxygens (including phenoxy) is 2. The summed E-state index contributed by atoms with van der Waals surface area (Å²) in [4.78, 5) is 26.1. The monoisotopic (exact) mass is 541 g/mol. The van der Waals surface area contributed by atoms with Crippen molar-refractivity contribution >= 4 is 20.5 Å². The van der Waals surface area contributed by atoms with Crippen molar-refractivity contribution in [3.8, 4) is 0 Å². The third-order valence-electron chi connectivity index (χ3n) is 7.27. The summed E-state index contributed by atoms with van der Waals surface area (Å²) in [7, 11) is -0.363. The number of amides is 1. The van der Waals surface area contributed by atoms with E-state index in [1.165, 1.54) is 20.5 Å². The summed E-state index contributed by atoms with van der Waals surface area (Å²) in [5.41, 5.74) is -5.55. The lowest BCUT2D eigenvalue weighted by atomic mass is 9.79. The average molecular weight is 541 g/mol. The highest BCUT2D eigenvalue weighted by atomic mass is 31.1. The summed E-state index contributed by atoms with van der Waals surface area (Å²) < 4.78 is 95.1. The van der Waals surface area contributed by atoms with Crippen molar-refractivity contribution in [2.45, 2.75) is 74.8 Å². The molecule has 1 heterocycles. The van der Waals surface area contributed by atoms with Crippen LogP contribution in [0.2, 0.25) is 0 Å². The normalized spacial score (nSPS) is 24.9. The van der Waals surface area contributed by atoms with Gasteiger partial charge in [0.1, 0.15) is 12.1 Å². The van der Waals surface area contributed by atoms with Gasteiger partial charge in [-0.1, -0.05) is 50.6 Å². The van der Waals surface area contributed by atoms with Crippen LogP contribution in [0.3, 0.4) is 0 Å². The fourth-order valence-electron chi connectivity index (χ4n) is 5.13. The SMILES string of the molecule is CPC1(C(C)C)COC(C(F)(F)F)(C(F)(F)F)N(CC(=O)OC2(c3ccccc3)CCCCC2)C1=O. The molecule has 1 saturated carbocycles. The minimum atomic E-state index is -6.05. The Bertz CT molecular complexity index is 932. The van der Waals surface area contributed by atoms with Crippen LogP contribution in [0.25, 0.3) is 0 Å². The van der Waals surface area contributed by atoms with E-state index in [1.54, 1.807) is 30.3 Å². The van der Waals surface area contributed by atoms with E-state index in [-0.39, 0.29) is 8.58 Å². The molecular weight excluding hydrogens is 511 g/mol. The lowest BCUT2D eigenvalue weighted by molar-refractivity contribution is -0.428. The molecule has 1 saturated heterocycles. The average Bonchev–Trinajstić information content (AvgIpc) is 2.80. The Labute approximate surface area is 207 Å². The lowest BCUT2D eigenvalue weighted by Gasteiger charge is -2.53. The van der Waals surface area contributed by atoms with E-state index in [0.29, 0.717) is 31.2 Å². The second kappa shape index (κ2) is 10.1. The zero-order chi connectivity index (χ0) is 27.0. The Morgan fingerprint density at radius 2 is 1.61 bits per heavy atom. The van der Waals surface area contributed by atoms with Gasteiger partial charge in [-0.3, -0.25) is 14.5 Å². The number of esters is 1. The minimum absolute atomic E-state index is 0.363. The maximum Gasteiger partial charge on any atom is 0.446 e. The Balaban J connectivity index is 2.05. The number of rotatable bonds is 6. The number of hydrogen-bond acceptors (Lipinski definition) is 4. The van der Waals surface area contributed by atoms with Crippen molar-refractivity contribution < 1.29 is 45.4 Å². The van der Waals surface area contributed by atoms with Crippen LogP contribution in [0.5, 0.6) is 0 Å². The number of hydrogen-bond donors (Lipinski definition) is 0. The van der Waals surface area contributed by atoms with Gasteiger partial charge in [-0.2, -0.15) is 26.3 Å². The van der Waals surface area contributed by atoms with Crippen molar-refractivity contribution in [1.82, 2.24) is 4.90 Å². The highest BCUT2D eigenvalue weighted by molar-refractivity contribution is 7.40. The molecule has 3 rings (SSSR count). The van der Waals surface area contributed by atoms with Gasteiger partial charge in [-0.25, -0.2) is 0 Å². The number of carbonyl (C=O) groups excluding carboxylic acids is 2. The van der Waals surface area contributed by atoms with Crippen LogP contribution >= 0.6 is 8.58 Å². The molecule has 202 valence electrons. The minimum Gasteiger partial charge on any atom is -0.453 e. The molecule has 0 aromatic heterocycles. The number of halogens is 6. The van der Waals surface area contributed by atoms with Crippen molar-refractivity contribution in [3.05, 3.63) is 35.9 Å². The first-order chi connectivity index (χ1) is 16.7. The van der Waals surface area contributed by atoms with Gasteiger partial charge in [0.2, 0.25) is 5.91 Å². The van der Waals surface area contributed by atoms with E-state index in [2.05, 4.69) is 4.74 Å². The highest BCUT2D eigenvalue weighted by Gasteiger charge is 2.80. The molecule has 1 aromatic carbocycles. The molecule has 5 nitrogen and oxygen atoms in total. The quantitative estimate of drug-likeness (QED) is 0.261. The third kappa shape index (κ3) is 4.73. The van der Waals surface area contributed by atoms with Gasteiger partial charge in [0, 0.05) is 0 Å². The van der Waals surface area contributed by atoms with Crippen LogP contribution in [0.4, 0.5) is 26.3 Å². The molecule has 2 unspecified atom stereocenters. The Morgan fingerprint density at radius 1 is 1.06 bits per heavy atom. The van der Waals surface area contributed by atoms with Gasteiger partial charge >= 0.3 is 24.0 Å². The fourth-order valence-corrected chi connectivity index (χ4v) is 6.27. The molecule has 2 atom stereocenters. The predicted octanol–water partition coefficient (Wildman–Crippen LogP) is 5.77. The molecule has 1 aliphatic heterocycles. The summed E-state index contributed by atoms with van der Waals surface area (Å²) in [5.74, 6) is -3.41. The molecule has 36 heavy (non-hydrogen) atoms. The second-order valence-electron chi connectivity index (χ2n) is 9.59. The standard InChI is InChI=1S/C24H30F6NO4P/c1-16(2)21(36-3)15-34-22(23(25,26)27,24(28,29)30)31(19(21)33)14-18(32)35-20(12-8-5-9-13-20)17-10-6-4-7-11-17/h4,6-7,10-11,16,36H,5,8-9,12-15H2,1-3H3. The summed E-state index contributed by atoms with van der Waals surface area (Å²) in [6, 6.07) is 8.55. The maximum absolute atomic E-state index is 14.1. The molecular formula is C24H30F6NO4P. The van der Waals surface area contributed by atoms with E-state index >= 15 is 0 Å². The van der Waals surface area contributed by atoms with Gasteiger partial charge in [0.05, 0.1) is 11.8 Å². The maximum atomic E-state index is 14.1. The number of benzene rings is 1. The number of nitrogens with zero attached hydrogens (tertiary/aromatic N) is 1. The second-order valence-corrected chi connectivity index (χ2v) is 11.0. The van der Waals surface area contributed by atoms with Crippen molar-refractivity contribution in [1.29, 1.82) is 0 Å². The predicted molar refractivity (Wildman–Crippen MR) is 122 cm³/mol. The topological polar surface area (TPSA) is 55.8 Å². The van der Waals surface area contributed by atoms with Crippen LogP contribution in [-0.2, 0) is 24.7 Å². The van der Waals surface area contributed by atoms with Crippen LogP contribution in [0.15, 0.2) is 30.3 Å². The summed E-state index contributed by atoms with van der Waals surface area (Å²) in [6.07, 6.45) is -9.20.